The first-order valence-corrected chi connectivity index (χ1v) is 7.05. The molecular weight excluding hydrogens is 280 g/mol. The van der Waals surface area contributed by atoms with Crippen LogP contribution in [0.3, 0.4) is 0 Å². The molecular formula is C14H17ClN2O3. The molecule has 2 rings (SSSR count). The van der Waals surface area contributed by atoms with Crippen LogP contribution in [-0.2, 0) is 4.79 Å². The Morgan fingerprint density at radius 3 is 2.60 bits per heavy atom. The van der Waals surface area contributed by atoms with Crippen LogP contribution in [0.25, 0.3) is 0 Å². The smallest absolute Gasteiger partial charge is 0.305 e. The lowest BCUT2D eigenvalue weighted by Crippen LogP contribution is -2.51. The van der Waals surface area contributed by atoms with Gasteiger partial charge in [-0.15, -0.1) is 0 Å². The van der Waals surface area contributed by atoms with Crippen LogP contribution in [0.2, 0.25) is 5.15 Å². The fourth-order valence-corrected chi connectivity index (χ4v) is 2.87. The minimum Gasteiger partial charge on any atom is -0.481 e. The van der Waals surface area contributed by atoms with E-state index < -0.39 is 11.5 Å². The molecule has 1 heterocycles. The zero-order chi connectivity index (χ0) is 14.6. The molecule has 0 saturated heterocycles. The standard InChI is InChI=1S/C14H17ClN2O3/c15-11-6-4-5-10(16-11)13(20)17-14(9-12(18)19)7-2-1-3-8-14/h4-6H,1-3,7-9H2,(H,17,20)(H,18,19). The normalized spacial score (nSPS) is 17.4. The van der Waals surface area contributed by atoms with Gasteiger partial charge in [0.2, 0.25) is 0 Å². The Bertz CT molecular complexity index is 513. The Kier molecular flexibility index (Phi) is 4.60. The number of hydrogen-bond acceptors (Lipinski definition) is 3. The summed E-state index contributed by atoms with van der Waals surface area (Å²) in [6.45, 7) is 0. The molecule has 1 aromatic heterocycles. The zero-order valence-corrected chi connectivity index (χ0v) is 11.8. The van der Waals surface area contributed by atoms with E-state index >= 15 is 0 Å². The van der Waals surface area contributed by atoms with Crippen molar-refractivity contribution in [1.29, 1.82) is 0 Å². The highest BCUT2D eigenvalue weighted by molar-refractivity contribution is 6.29. The molecule has 1 aliphatic rings. The Morgan fingerprint density at radius 2 is 2.00 bits per heavy atom. The van der Waals surface area contributed by atoms with Gasteiger partial charge < -0.3 is 10.4 Å². The summed E-state index contributed by atoms with van der Waals surface area (Å²) in [5.74, 6) is -1.26. The Balaban J connectivity index is 2.15. The summed E-state index contributed by atoms with van der Waals surface area (Å²) < 4.78 is 0. The maximum Gasteiger partial charge on any atom is 0.305 e. The molecule has 0 spiro atoms. The summed E-state index contributed by atoms with van der Waals surface area (Å²) in [5.41, 5.74) is -0.446. The van der Waals surface area contributed by atoms with E-state index in [9.17, 15) is 9.59 Å². The van der Waals surface area contributed by atoms with Crippen LogP contribution in [-0.4, -0.2) is 27.5 Å². The van der Waals surface area contributed by atoms with Crippen molar-refractivity contribution in [2.24, 2.45) is 0 Å². The van der Waals surface area contributed by atoms with E-state index in [-0.39, 0.29) is 23.2 Å². The maximum absolute atomic E-state index is 12.2. The number of carbonyl (C=O) groups excluding carboxylic acids is 1. The summed E-state index contributed by atoms with van der Waals surface area (Å²) in [5, 5.41) is 12.2. The summed E-state index contributed by atoms with van der Waals surface area (Å²) in [7, 11) is 0. The second-order valence-electron chi connectivity index (χ2n) is 5.21. The molecule has 1 amide bonds. The first kappa shape index (κ1) is 14.8. The van der Waals surface area contributed by atoms with Gasteiger partial charge in [0.1, 0.15) is 10.8 Å². The highest BCUT2D eigenvalue weighted by atomic mass is 35.5. The molecule has 6 heteroatoms. The number of nitrogens with one attached hydrogen (secondary N) is 1. The second kappa shape index (κ2) is 6.22. The molecule has 108 valence electrons. The highest BCUT2D eigenvalue weighted by Gasteiger charge is 2.36. The molecule has 5 nitrogen and oxygen atoms in total. The van der Waals surface area contributed by atoms with Crippen LogP contribution in [0.5, 0.6) is 0 Å². The van der Waals surface area contributed by atoms with Crippen molar-refractivity contribution >= 4 is 23.5 Å². The summed E-state index contributed by atoms with van der Waals surface area (Å²) in [4.78, 5) is 27.2. The predicted molar refractivity (Wildman–Crippen MR) is 74.8 cm³/mol. The van der Waals surface area contributed by atoms with E-state index in [2.05, 4.69) is 10.3 Å². The third kappa shape index (κ3) is 3.70. The Morgan fingerprint density at radius 1 is 1.30 bits per heavy atom. The van der Waals surface area contributed by atoms with Crippen LogP contribution in [0.4, 0.5) is 0 Å². The molecule has 2 N–H and O–H groups in total. The fraction of sp³-hybridized carbons (Fsp3) is 0.500. The number of carboxylic acid groups (broad SMARTS) is 1. The predicted octanol–water partition coefficient (Wildman–Crippen LogP) is 2.64. The van der Waals surface area contributed by atoms with Gasteiger partial charge in [0.25, 0.3) is 5.91 Å². The van der Waals surface area contributed by atoms with Crippen molar-refractivity contribution in [2.75, 3.05) is 0 Å². The van der Waals surface area contributed by atoms with Gasteiger partial charge in [0.05, 0.1) is 12.0 Å². The Hall–Kier alpha value is -1.62. The van der Waals surface area contributed by atoms with Crippen molar-refractivity contribution in [1.82, 2.24) is 10.3 Å². The van der Waals surface area contributed by atoms with Gasteiger partial charge in [0, 0.05) is 0 Å². The van der Waals surface area contributed by atoms with Crippen molar-refractivity contribution in [3.8, 4) is 0 Å². The number of nitrogens with zero attached hydrogens (tertiary/aromatic N) is 1. The highest BCUT2D eigenvalue weighted by Crippen LogP contribution is 2.31. The van der Waals surface area contributed by atoms with Gasteiger partial charge in [-0.05, 0) is 25.0 Å². The molecule has 20 heavy (non-hydrogen) atoms. The van der Waals surface area contributed by atoms with Crippen molar-refractivity contribution in [3.05, 3.63) is 29.0 Å². The number of aromatic nitrogens is 1. The molecule has 0 atom stereocenters. The molecule has 1 aliphatic carbocycles. The lowest BCUT2D eigenvalue weighted by molar-refractivity contribution is -0.139. The van der Waals surface area contributed by atoms with E-state index in [1.165, 1.54) is 0 Å². The topological polar surface area (TPSA) is 79.3 Å². The van der Waals surface area contributed by atoms with Crippen molar-refractivity contribution < 1.29 is 14.7 Å². The third-order valence-corrected chi connectivity index (χ3v) is 3.84. The molecule has 0 bridgehead atoms. The molecule has 1 aromatic rings. The average molecular weight is 297 g/mol. The molecule has 0 aliphatic heterocycles. The SMILES string of the molecule is O=C(O)CC1(NC(=O)c2cccc(Cl)n2)CCCCC1. The van der Waals surface area contributed by atoms with Crippen LogP contribution in [0.1, 0.15) is 49.0 Å². The van der Waals surface area contributed by atoms with E-state index in [4.69, 9.17) is 16.7 Å². The van der Waals surface area contributed by atoms with E-state index in [0.717, 1.165) is 19.3 Å². The van der Waals surface area contributed by atoms with Gasteiger partial charge in [-0.1, -0.05) is 36.9 Å². The van der Waals surface area contributed by atoms with E-state index in [1.54, 1.807) is 18.2 Å². The number of hydrogen-bond donors (Lipinski definition) is 2. The number of carbonyl (C=O) groups is 2. The fourth-order valence-electron chi connectivity index (χ4n) is 2.70. The Labute approximate surface area is 122 Å². The number of rotatable bonds is 4. The lowest BCUT2D eigenvalue weighted by atomic mass is 9.79. The number of aliphatic carboxylic acids is 1. The summed E-state index contributed by atoms with van der Waals surface area (Å²) in [6, 6.07) is 4.81. The number of halogens is 1. The van der Waals surface area contributed by atoms with Gasteiger partial charge in [-0.25, -0.2) is 4.98 Å². The first-order chi connectivity index (χ1) is 9.51. The molecule has 0 unspecified atom stereocenters. The van der Waals surface area contributed by atoms with Gasteiger partial charge in [0.15, 0.2) is 0 Å². The maximum atomic E-state index is 12.2. The summed E-state index contributed by atoms with van der Waals surface area (Å²) in [6.07, 6.45) is 4.25. The largest absolute Gasteiger partial charge is 0.481 e. The van der Waals surface area contributed by atoms with Crippen molar-refractivity contribution in [2.45, 2.75) is 44.1 Å². The second-order valence-corrected chi connectivity index (χ2v) is 5.60. The van der Waals surface area contributed by atoms with E-state index in [0.29, 0.717) is 12.8 Å². The number of carboxylic acids is 1. The van der Waals surface area contributed by atoms with Crippen LogP contribution < -0.4 is 5.32 Å². The van der Waals surface area contributed by atoms with Crippen LogP contribution in [0, 0.1) is 0 Å². The molecule has 1 fully saturated rings. The quantitative estimate of drug-likeness (QED) is 0.837. The van der Waals surface area contributed by atoms with Gasteiger partial charge >= 0.3 is 5.97 Å². The van der Waals surface area contributed by atoms with Crippen molar-refractivity contribution in [3.63, 3.8) is 0 Å². The number of pyridine rings is 1. The van der Waals surface area contributed by atoms with Gasteiger partial charge in [-0.2, -0.15) is 0 Å². The molecule has 1 saturated carbocycles. The molecule has 0 radical (unpaired) electrons. The monoisotopic (exact) mass is 296 g/mol. The number of amides is 1. The third-order valence-electron chi connectivity index (χ3n) is 3.63. The first-order valence-electron chi connectivity index (χ1n) is 6.68. The molecule has 0 aromatic carbocycles. The summed E-state index contributed by atoms with van der Waals surface area (Å²) >= 11 is 5.77. The zero-order valence-electron chi connectivity index (χ0n) is 11.1. The van der Waals surface area contributed by atoms with Gasteiger partial charge in [-0.3, -0.25) is 9.59 Å². The average Bonchev–Trinajstić information content (AvgIpc) is 2.38. The minimum absolute atomic E-state index is 0.0562. The lowest BCUT2D eigenvalue weighted by Gasteiger charge is -2.36. The van der Waals surface area contributed by atoms with Crippen LogP contribution in [0.15, 0.2) is 18.2 Å². The minimum atomic E-state index is -0.897. The van der Waals surface area contributed by atoms with Crippen LogP contribution >= 0.6 is 11.6 Å². The van der Waals surface area contributed by atoms with E-state index in [1.807, 2.05) is 0 Å².